The van der Waals surface area contributed by atoms with Gasteiger partial charge in [0.2, 0.25) is 5.91 Å². The Bertz CT molecular complexity index is 1110. The molecule has 31 heavy (non-hydrogen) atoms. The molecule has 1 atom stereocenters. The number of hydrogen-bond acceptors (Lipinski definition) is 5. The molecule has 1 N–H and O–H groups in total. The van der Waals surface area contributed by atoms with Crippen molar-refractivity contribution in [2.75, 3.05) is 11.1 Å². The Hall–Kier alpha value is -2.64. The van der Waals surface area contributed by atoms with E-state index in [2.05, 4.69) is 24.2 Å². The Morgan fingerprint density at radius 2 is 2.00 bits per heavy atom. The van der Waals surface area contributed by atoms with E-state index < -0.39 is 6.04 Å². The van der Waals surface area contributed by atoms with Crippen LogP contribution in [0.4, 0.5) is 11.4 Å². The number of rotatable bonds is 5. The van der Waals surface area contributed by atoms with E-state index >= 15 is 0 Å². The first kappa shape index (κ1) is 21.6. The van der Waals surface area contributed by atoms with Crippen LogP contribution in [-0.2, 0) is 9.59 Å². The first-order valence-electron chi connectivity index (χ1n) is 10.1. The summed E-state index contributed by atoms with van der Waals surface area (Å²) in [6, 6.07) is 12.6. The molecule has 2 amide bonds. The maximum atomic E-state index is 12.7. The van der Waals surface area contributed by atoms with Crippen LogP contribution in [0.2, 0.25) is 5.02 Å². The summed E-state index contributed by atoms with van der Waals surface area (Å²) in [5.74, 6) is 0.768. The van der Waals surface area contributed by atoms with Gasteiger partial charge in [-0.15, -0.1) is 0 Å². The molecule has 0 aromatic heterocycles. The number of halogens is 1. The molecule has 4 rings (SSSR count). The Morgan fingerprint density at radius 1 is 1.23 bits per heavy atom. The monoisotopic (exact) mass is 454 g/mol. The number of carbonyl (C=O) groups is 2. The lowest BCUT2D eigenvalue weighted by Gasteiger charge is -2.31. The zero-order valence-corrected chi connectivity index (χ0v) is 19.1. The summed E-state index contributed by atoms with van der Waals surface area (Å²) in [5.41, 5.74) is 3.21. The second-order valence-corrected chi connectivity index (χ2v) is 9.38. The molecule has 2 aromatic rings. The molecule has 1 unspecified atom stereocenters. The lowest BCUT2D eigenvalue weighted by molar-refractivity contribution is -0.120. The van der Waals surface area contributed by atoms with Crippen molar-refractivity contribution in [1.82, 2.24) is 4.90 Å². The second kappa shape index (κ2) is 8.85. The number of para-hydroxylation sites is 1. The van der Waals surface area contributed by atoms with Crippen LogP contribution in [0.25, 0.3) is 0 Å². The van der Waals surface area contributed by atoms with Crippen LogP contribution in [-0.4, -0.2) is 39.5 Å². The summed E-state index contributed by atoms with van der Waals surface area (Å²) in [4.78, 5) is 36.3. The normalized spacial score (nSPS) is 17.3. The molecule has 0 radical (unpaired) electrons. The summed E-state index contributed by atoms with van der Waals surface area (Å²) in [5, 5.41) is 4.09. The second-order valence-electron chi connectivity index (χ2n) is 8.00. The number of aryl methyl sites for hydroxylation is 1. The van der Waals surface area contributed by atoms with Crippen LogP contribution >= 0.6 is 23.4 Å². The molecule has 0 spiro atoms. The van der Waals surface area contributed by atoms with Gasteiger partial charge in [-0.3, -0.25) is 14.5 Å². The summed E-state index contributed by atoms with van der Waals surface area (Å²) >= 11 is 7.36. The standard InChI is InChI=1S/C23H23ClN4O2S/c1-13(2)10-19-22(30)27-21-16-6-4-5-7-17(16)26-23(28(19)21)31-12-20(29)25-18-11-15(24)9-8-14(18)3/h4-9,11,13,19H,10,12H2,1-3H3,(H,25,29). The Balaban J connectivity index is 1.56. The van der Waals surface area contributed by atoms with E-state index in [1.165, 1.54) is 11.8 Å². The third-order valence-electron chi connectivity index (χ3n) is 5.11. The fraction of sp³-hybridized carbons (Fsp3) is 0.304. The highest BCUT2D eigenvalue weighted by atomic mass is 35.5. The van der Waals surface area contributed by atoms with Gasteiger partial charge in [0.15, 0.2) is 5.17 Å². The number of benzene rings is 2. The van der Waals surface area contributed by atoms with Gasteiger partial charge in [0.05, 0.1) is 11.4 Å². The topological polar surface area (TPSA) is 74.1 Å². The highest BCUT2D eigenvalue weighted by molar-refractivity contribution is 8.14. The average molecular weight is 455 g/mol. The number of anilines is 1. The van der Waals surface area contributed by atoms with E-state index in [0.29, 0.717) is 34.1 Å². The molecule has 0 saturated carbocycles. The van der Waals surface area contributed by atoms with Gasteiger partial charge in [-0.1, -0.05) is 55.4 Å². The van der Waals surface area contributed by atoms with Gasteiger partial charge in [-0.2, -0.15) is 4.99 Å². The van der Waals surface area contributed by atoms with E-state index in [1.54, 1.807) is 12.1 Å². The molecular formula is C23H23ClN4O2S. The van der Waals surface area contributed by atoms with Gasteiger partial charge < -0.3 is 5.32 Å². The molecule has 0 saturated heterocycles. The number of hydrogen-bond donors (Lipinski definition) is 1. The van der Waals surface area contributed by atoms with Crippen molar-refractivity contribution < 1.29 is 9.59 Å². The van der Waals surface area contributed by atoms with Gasteiger partial charge in [0.25, 0.3) is 5.91 Å². The third-order valence-corrected chi connectivity index (χ3v) is 6.30. The van der Waals surface area contributed by atoms with Gasteiger partial charge in [0, 0.05) is 16.3 Å². The smallest absolute Gasteiger partial charge is 0.270 e. The lowest BCUT2D eigenvalue weighted by Crippen LogP contribution is -2.44. The average Bonchev–Trinajstić information content (AvgIpc) is 3.05. The maximum absolute atomic E-state index is 12.7. The Morgan fingerprint density at radius 3 is 2.77 bits per heavy atom. The minimum absolute atomic E-state index is 0.152. The predicted molar refractivity (Wildman–Crippen MR) is 127 cm³/mol. The molecule has 0 bridgehead atoms. The molecule has 2 heterocycles. The van der Waals surface area contributed by atoms with Crippen LogP contribution in [0.5, 0.6) is 0 Å². The lowest BCUT2D eigenvalue weighted by atomic mass is 10.0. The number of fused-ring (bicyclic) bond motifs is 3. The van der Waals surface area contributed by atoms with Crippen LogP contribution in [0.1, 0.15) is 31.4 Å². The van der Waals surface area contributed by atoms with E-state index in [0.717, 1.165) is 16.8 Å². The Kier molecular flexibility index (Phi) is 6.16. The van der Waals surface area contributed by atoms with Gasteiger partial charge in [-0.25, -0.2) is 4.99 Å². The van der Waals surface area contributed by atoms with Crippen molar-refractivity contribution in [1.29, 1.82) is 0 Å². The van der Waals surface area contributed by atoms with E-state index in [9.17, 15) is 9.59 Å². The maximum Gasteiger partial charge on any atom is 0.270 e. The summed E-state index contributed by atoms with van der Waals surface area (Å²) in [6.07, 6.45) is 0.668. The van der Waals surface area contributed by atoms with Crippen molar-refractivity contribution in [2.24, 2.45) is 15.9 Å². The summed E-state index contributed by atoms with van der Waals surface area (Å²) in [6.45, 7) is 6.07. The largest absolute Gasteiger partial charge is 0.325 e. The first-order chi connectivity index (χ1) is 14.8. The first-order valence-corrected chi connectivity index (χ1v) is 11.5. The molecule has 2 aromatic carbocycles. The zero-order chi connectivity index (χ0) is 22.1. The molecule has 0 aliphatic carbocycles. The number of amides is 2. The van der Waals surface area contributed by atoms with Gasteiger partial charge in [-0.05, 0) is 49.1 Å². The highest BCUT2D eigenvalue weighted by Gasteiger charge is 2.41. The van der Waals surface area contributed by atoms with Gasteiger partial charge in [0.1, 0.15) is 11.9 Å². The fourth-order valence-electron chi connectivity index (χ4n) is 3.62. The number of nitrogens with one attached hydrogen (secondary N) is 1. The van der Waals surface area contributed by atoms with E-state index in [1.807, 2.05) is 42.2 Å². The van der Waals surface area contributed by atoms with Crippen molar-refractivity contribution in [3.63, 3.8) is 0 Å². The van der Waals surface area contributed by atoms with Gasteiger partial charge >= 0.3 is 0 Å². The number of nitrogens with zero attached hydrogens (tertiary/aromatic N) is 3. The Labute approximate surface area is 190 Å². The minimum atomic E-state index is -0.396. The quantitative estimate of drug-likeness (QED) is 0.687. The molecular weight excluding hydrogens is 432 g/mol. The van der Waals surface area contributed by atoms with Crippen molar-refractivity contribution >= 4 is 57.6 Å². The van der Waals surface area contributed by atoms with Crippen molar-refractivity contribution in [2.45, 2.75) is 33.2 Å². The van der Waals surface area contributed by atoms with Crippen LogP contribution in [0.15, 0.2) is 52.4 Å². The van der Waals surface area contributed by atoms with Crippen molar-refractivity contribution in [3.05, 3.63) is 58.6 Å². The van der Waals surface area contributed by atoms with E-state index in [4.69, 9.17) is 16.6 Å². The van der Waals surface area contributed by atoms with E-state index in [-0.39, 0.29) is 17.6 Å². The molecule has 160 valence electrons. The molecule has 2 aliphatic rings. The fourth-order valence-corrected chi connectivity index (χ4v) is 4.64. The SMILES string of the molecule is Cc1ccc(Cl)cc1NC(=O)CSC1=Nc2ccccc2C2=NC(=O)C(CC(C)C)N12. The number of aliphatic imine (C=N–C) groups is 2. The summed E-state index contributed by atoms with van der Waals surface area (Å²) in [7, 11) is 0. The highest BCUT2D eigenvalue weighted by Crippen LogP contribution is 2.35. The summed E-state index contributed by atoms with van der Waals surface area (Å²) < 4.78 is 0. The van der Waals surface area contributed by atoms with Crippen molar-refractivity contribution in [3.8, 4) is 0 Å². The molecule has 0 fully saturated rings. The van der Waals surface area contributed by atoms with Crippen LogP contribution in [0, 0.1) is 12.8 Å². The minimum Gasteiger partial charge on any atom is -0.325 e. The predicted octanol–water partition coefficient (Wildman–Crippen LogP) is 5.02. The van der Waals surface area contributed by atoms with Crippen LogP contribution < -0.4 is 5.32 Å². The zero-order valence-electron chi connectivity index (χ0n) is 17.6. The molecule has 6 nitrogen and oxygen atoms in total. The molecule has 8 heteroatoms. The number of thioether (sulfide) groups is 1. The van der Waals surface area contributed by atoms with Crippen LogP contribution in [0.3, 0.4) is 0 Å². The molecule has 2 aliphatic heterocycles. The number of amidine groups is 2. The third kappa shape index (κ3) is 4.52. The number of carbonyl (C=O) groups excluding carboxylic acids is 2.